The minimum Gasteiger partial charge on any atom is -0.494 e. The average molecular weight is 1570 g/mol. The van der Waals surface area contributed by atoms with E-state index < -0.39 is 69.2 Å². The predicted octanol–water partition coefficient (Wildman–Crippen LogP) is 25.4. The van der Waals surface area contributed by atoms with Gasteiger partial charge in [-0.15, -0.1) is 0 Å². The minimum atomic E-state index is -1.50. The van der Waals surface area contributed by atoms with Crippen molar-refractivity contribution in [2.45, 2.75) is 273 Å². The molecule has 0 N–H and O–H groups in total. The zero-order chi connectivity index (χ0) is 81.0. The summed E-state index contributed by atoms with van der Waals surface area (Å²) < 4.78 is 74.0. The Morgan fingerprint density at radius 3 is 0.386 bits per heavy atom. The first-order chi connectivity index (χ1) is 55.9. The number of rotatable bonds is 60. The van der Waals surface area contributed by atoms with Crippen LogP contribution in [0.2, 0.25) is 0 Å². The third-order valence-corrected chi connectivity index (χ3v) is 19.5. The van der Waals surface area contributed by atoms with Gasteiger partial charge in [-0.25, -0.2) is 28.8 Å². The zero-order valence-electron chi connectivity index (χ0n) is 68.9. The molecule has 0 saturated carbocycles. The Bertz CT molecular complexity index is 3210. The van der Waals surface area contributed by atoms with E-state index in [2.05, 4.69) is 41.5 Å². The second kappa shape index (κ2) is 54.8. The van der Waals surface area contributed by atoms with Crippen LogP contribution < -0.4 is 56.8 Å². The van der Waals surface area contributed by atoms with Gasteiger partial charge in [-0.05, 0) is 184 Å². The van der Waals surface area contributed by atoms with Crippen molar-refractivity contribution in [1.82, 2.24) is 0 Å². The first-order valence-corrected chi connectivity index (χ1v) is 42.8. The molecule has 0 unspecified atom stereocenters. The zero-order valence-corrected chi connectivity index (χ0v) is 68.9. The molecule has 618 valence electrons. The number of hydrogen-bond acceptors (Lipinski definition) is 18. The molecule has 0 aromatic heterocycles. The highest BCUT2D eigenvalue weighted by Gasteiger charge is 2.45. The van der Waals surface area contributed by atoms with Crippen LogP contribution in [0.15, 0.2) is 146 Å². The van der Waals surface area contributed by atoms with E-state index in [0.29, 0.717) is 74.1 Å². The number of carbonyl (C=O) groups is 6. The van der Waals surface area contributed by atoms with Gasteiger partial charge < -0.3 is 56.8 Å². The largest absolute Gasteiger partial charge is 0.494 e. The van der Waals surface area contributed by atoms with Gasteiger partial charge in [0.25, 0.3) is 0 Å². The fourth-order valence-corrected chi connectivity index (χ4v) is 13.0. The summed E-state index contributed by atoms with van der Waals surface area (Å²) >= 11 is 0. The maximum absolute atomic E-state index is 16.1. The molecule has 0 aliphatic heterocycles. The fourth-order valence-electron chi connectivity index (χ4n) is 13.0. The molecule has 0 spiro atoms. The second-order valence-corrected chi connectivity index (χ2v) is 29.1. The van der Waals surface area contributed by atoms with Crippen molar-refractivity contribution in [2.75, 3.05) is 39.6 Å². The number of benzene rings is 7. The lowest BCUT2D eigenvalue weighted by Gasteiger charge is -2.22. The Kier molecular flexibility index (Phi) is 43.9. The molecular formula is C96H126O18. The topological polar surface area (TPSA) is 213 Å². The quantitative estimate of drug-likeness (QED) is 0.0197. The third kappa shape index (κ3) is 33.7. The molecule has 0 atom stereocenters. The van der Waals surface area contributed by atoms with Crippen LogP contribution in [0.3, 0.4) is 0 Å². The molecule has 0 bridgehead atoms. The molecule has 0 fully saturated rings. The van der Waals surface area contributed by atoms with E-state index >= 15 is 28.8 Å². The van der Waals surface area contributed by atoms with Crippen LogP contribution in [0.5, 0.6) is 69.0 Å². The van der Waals surface area contributed by atoms with E-state index in [1.807, 2.05) is 0 Å². The number of unbranched alkanes of at least 4 members (excludes halogenated alkanes) is 30. The Morgan fingerprint density at radius 2 is 0.263 bits per heavy atom. The molecule has 18 nitrogen and oxygen atoms in total. The number of esters is 6. The van der Waals surface area contributed by atoms with Crippen LogP contribution in [-0.4, -0.2) is 75.5 Å². The van der Waals surface area contributed by atoms with Crippen molar-refractivity contribution in [3.8, 4) is 69.0 Å². The standard InChI is InChI=1S/C96H126O18/c1-7-13-19-25-31-37-67-103-73-43-55-79(56-44-73)109-91(97)85-86(92(98)110-80-57-45-74(46-58-80)104-68-38-32-26-20-14-8-2)88(94(100)112-82-61-49-76(50-62-82)106-70-40-34-28-22-16-10-4)90(96(102)114-84-65-53-78(54-66-84)108-72-42-36-30-24-18-12-6)89(95(101)113-83-63-51-77(52-64-83)107-71-41-35-29-23-17-11-5)87(85)93(99)111-81-59-47-75(48-60-81)105-69-39-33-27-21-15-9-3/h43-66H,7-42,67-72H2,1-6H3. The molecule has 7 aromatic rings. The van der Waals surface area contributed by atoms with Gasteiger partial charge in [-0.3, -0.25) is 0 Å². The molecule has 18 heteroatoms. The third-order valence-electron chi connectivity index (χ3n) is 19.5. The molecule has 0 heterocycles. The summed E-state index contributed by atoms with van der Waals surface area (Å²) in [6.07, 6.45) is 37.7. The van der Waals surface area contributed by atoms with E-state index in [9.17, 15) is 0 Å². The molecular weight excluding hydrogens is 1440 g/mol. The first-order valence-electron chi connectivity index (χ1n) is 42.8. The highest BCUT2D eigenvalue weighted by molar-refractivity contribution is 6.25. The van der Waals surface area contributed by atoms with E-state index in [1.165, 1.54) is 72.8 Å². The Balaban J connectivity index is 1.45. The van der Waals surface area contributed by atoms with Crippen molar-refractivity contribution in [3.63, 3.8) is 0 Å². The lowest BCUT2D eigenvalue weighted by atomic mass is 9.85. The number of hydrogen-bond donors (Lipinski definition) is 0. The van der Waals surface area contributed by atoms with Crippen molar-refractivity contribution in [1.29, 1.82) is 0 Å². The lowest BCUT2D eigenvalue weighted by Crippen LogP contribution is -2.34. The van der Waals surface area contributed by atoms with Crippen LogP contribution in [0.25, 0.3) is 0 Å². The number of carbonyl (C=O) groups excluding carboxylic acids is 6. The van der Waals surface area contributed by atoms with Crippen LogP contribution in [0.4, 0.5) is 0 Å². The van der Waals surface area contributed by atoms with Crippen LogP contribution in [0.1, 0.15) is 335 Å². The summed E-state index contributed by atoms with van der Waals surface area (Å²) in [4.78, 5) is 96.9. The van der Waals surface area contributed by atoms with Gasteiger partial charge in [0.15, 0.2) is 0 Å². The molecule has 0 saturated heterocycles. The van der Waals surface area contributed by atoms with Crippen LogP contribution >= 0.6 is 0 Å². The first kappa shape index (κ1) is 91.3. The van der Waals surface area contributed by atoms with Crippen LogP contribution in [0, 0.1) is 0 Å². The van der Waals surface area contributed by atoms with Crippen molar-refractivity contribution in [2.24, 2.45) is 0 Å². The second-order valence-electron chi connectivity index (χ2n) is 29.1. The van der Waals surface area contributed by atoms with Gasteiger partial charge in [0.1, 0.15) is 69.0 Å². The normalized spacial score (nSPS) is 11.0. The summed E-state index contributed by atoms with van der Waals surface area (Å²) in [6.45, 7) is 15.5. The summed E-state index contributed by atoms with van der Waals surface area (Å²) in [6, 6.07) is 36.3. The molecule has 7 rings (SSSR count). The summed E-state index contributed by atoms with van der Waals surface area (Å²) in [7, 11) is 0. The molecule has 7 aromatic carbocycles. The maximum Gasteiger partial charge on any atom is 0.345 e. The predicted molar refractivity (Wildman–Crippen MR) is 448 cm³/mol. The van der Waals surface area contributed by atoms with Gasteiger partial charge in [0, 0.05) is 0 Å². The lowest BCUT2D eigenvalue weighted by molar-refractivity contribution is 0.0635. The van der Waals surface area contributed by atoms with Gasteiger partial charge in [-0.1, -0.05) is 234 Å². The van der Waals surface area contributed by atoms with Gasteiger partial charge in [0.05, 0.1) is 73.0 Å². The van der Waals surface area contributed by atoms with E-state index in [0.717, 1.165) is 231 Å². The molecule has 0 aliphatic rings. The van der Waals surface area contributed by atoms with Gasteiger partial charge in [-0.2, -0.15) is 0 Å². The monoisotopic (exact) mass is 1570 g/mol. The van der Waals surface area contributed by atoms with Crippen molar-refractivity contribution >= 4 is 35.8 Å². The van der Waals surface area contributed by atoms with Crippen molar-refractivity contribution < 1.29 is 85.6 Å². The molecule has 0 aliphatic carbocycles. The summed E-state index contributed by atoms with van der Waals surface area (Å²) in [5.74, 6) is -7.03. The SMILES string of the molecule is CCCCCCCCOc1ccc(OC(=O)c2c(C(=O)Oc3ccc(OCCCCCCCC)cc3)c(C(=O)Oc3ccc(OCCCCCCCC)cc3)c(C(=O)Oc3ccc(OCCCCCCCC)cc3)c(C(=O)Oc3ccc(OCCCCCCCC)cc3)c2C(=O)Oc2ccc(OCCCCCCCC)cc2)cc1. The molecule has 0 radical (unpaired) electrons. The highest BCUT2D eigenvalue weighted by Crippen LogP contribution is 2.38. The van der Waals surface area contributed by atoms with E-state index in [-0.39, 0.29) is 34.5 Å². The smallest absolute Gasteiger partial charge is 0.345 e. The minimum absolute atomic E-state index is 0.132. The summed E-state index contributed by atoms with van der Waals surface area (Å²) in [5, 5.41) is 0. The van der Waals surface area contributed by atoms with Gasteiger partial charge >= 0.3 is 35.8 Å². The Morgan fingerprint density at radius 1 is 0.158 bits per heavy atom. The average Bonchev–Trinajstić information content (AvgIpc) is 0.725. The Labute approximate surface area is 678 Å². The van der Waals surface area contributed by atoms with Crippen molar-refractivity contribution in [3.05, 3.63) is 179 Å². The fraction of sp³-hybridized carbons (Fsp3) is 0.500. The Hall–Kier alpha value is -9.84. The summed E-state index contributed by atoms with van der Waals surface area (Å²) in [5.41, 5.74) is -6.39. The number of ether oxygens (including phenoxy) is 12. The highest BCUT2D eigenvalue weighted by atomic mass is 16.6. The molecule has 0 amide bonds. The van der Waals surface area contributed by atoms with E-state index in [1.54, 1.807) is 72.8 Å². The van der Waals surface area contributed by atoms with E-state index in [4.69, 9.17) is 56.8 Å². The maximum atomic E-state index is 16.1. The van der Waals surface area contributed by atoms with Gasteiger partial charge in [0.2, 0.25) is 0 Å². The van der Waals surface area contributed by atoms with Crippen LogP contribution in [-0.2, 0) is 0 Å². The molecule has 114 heavy (non-hydrogen) atoms.